The summed E-state index contributed by atoms with van der Waals surface area (Å²) in [5, 5.41) is 17.5. The number of carbonyl (C=O) groups is 1. The Balaban J connectivity index is 1.76. The van der Waals surface area contributed by atoms with Gasteiger partial charge in [-0.25, -0.2) is 14.8 Å². The van der Waals surface area contributed by atoms with E-state index in [1.807, 2.05) is 20.8 Å². The first kappa shape index (κ1) is 27.6. The Morgan fingerprint density at radius 1 is 1.21 bits per heavy atom. The van der Waals surface area contributed by atoms with Crippen molar-refractivity contribution in [2.45, 2.75) is 26.9 Å². The van der Waals surface area contributed by atoms with Crippen molar-refractivity contribution in [3.8, 4) is 28.4 Å². The van der Waals surface area contributed by atoms with Gasteiger partial charge in [0.25, 0.3) is 0 Å². The molecule has 1 fully saturated rings. The lowest BCUT2D eigenvalue weighted by molar-refractivity contribution is 0.108. The monoisotopic (exact) mass is 544 g/mol. The molecule has 2 N–H and O–H groups in total. The summed E-state index contributed by atoms with van der Waals surface area (Å²) in [4.78, 5) is 25.7. The summed E-state index contributed by atoms with van der Waals surface area (Å²) in [6.07, 6.45) is -0.999. The molecule has 1 amide bonds. The molecule has 1 aromatic carbocycles. The summed E-state index contributed by atoms with van der Waals surface area (Å²) in [5.41, 5.74) is 3.68. The van der Waals surface area contributed by atoms with Crippen LogP contribution in [-0.2, 0) is 4.74 Å². The number of amides is 1. The molecule has 0 saturated carbocycles. The number of hydrogen-bond donors (Lipinski definition) is 2. The number of aliphatic hydroxyl groups excluding tert-OH is 1. The van der Waals surface area contributed by atoms with Crippen molar-refractivity contribution in [1.82, 2.24) is 25.3 Å². The van der Waals surface area contributed by atoms with E-state index in [4.69, 9.17) is 35.6 Å². The number of rotatable bonds is 8. The van der Waals surface area contributed by atoms with Gasteiger partial charge in [0.05, 0.1) is 29.1 Å². The highest BCUT2D eigenvalue weighted by molar-refractivity contribution is 6.33. The molecule has 0 spiro atoms. The van der Waals surface area contributed by atoms with E-state index in [0.29, 0.717) is 66.3 Å². The van der Waals surface area contributed by atoms with Crippen LogP contribution in [0.25, 0.3) is 22.6 Å². The maximum absolute atomic E-state index is 12.0. The Morgan fingerprint density at radius 3 is 2.58 bits per heavy atom. The first-order valence-corrected chi connectivity index (χ1v) is 12.8. The van der Waals surface area contributed by atoms with Gasteiger partial charge in [-0.15, -0.1) is 0 Å². The van der Waals surface area contributed by atoms with Crippen LogP contribution in [-0.4, -0.2) is 90.8 Å². The van der Waals surface area contributed by atoms with Crippen LogP contribution in [0.15, 0.2) is 22.7 Å². The summed E-state index contributed by atoms with van der Waals surface area (Å²) in [7, 11) is 3.15. The quantitative estimate of drug-likeness (QED) is 0.436. The van der Waals surface area contributed by atoms with Crippen molar-refractivity contribution in [3.05, 3.63) is 40.2 Å². The second-order valence-electron chi connectivity index (χ2n) is 9.15. The van der Waals surface area contributed by atoms with Crippen molar-refractivity contribution in [3.63, 3.8) is 0 Å². The molecule has 1 aliphatic rings. The summed E-state index contributed by atoms with van der Waals surface area (Å²) >= 11 is 6.63. The highest BCUT2D eigenvalue weighted by Crippen LogP contribution is 2.37. The second-order valence-corrected chi connectivity index (χ2v) is 9.56. The van der Waals surface area contributed by atoms with Crippen LogP contribution in [0, 0.1) is 20.8 Å². The molecule has 4 rings (SSSR count). The highest BCUT2D eigenvalue weighted by atomic mass is 35.5. The SMILES string of the molecule is CNC[C@@H](O)COc1ccc(Cl)c(-c2nc(-c3c(C)noc3C)c(C)c(N3CCN(C(=O)OC)CC3)n2)c1. The lowest BCUT2D eigenvalue weighted by Gasteiger charge is -2.35. The molecule has 3 aromatic rings. The minimum atomic E-state index is -0.656. The van der Waals surface area contributed by atoms with Crippen LogP contribution in [0.1, 0.15) is 17.0 Å². The maximum Gasteiger partial charge on any atom is 0.409 e. The number of nitrogens with zero attached hydrogens (tertiary/aromatic N) is 5. The lowest BCUT2D eigenvalue weighted by Crippen LogP contribution is -2.49. The molecular formula is C26H33ClN6O5. The number of piperazine rings is 1. The Labute approximate surface area is 226 Å². The predicted molar refractivity (Wildman–Crippen MR) is 144 cm³/mol. The number of anilines is 1. The molecule has 0 radical (unpaired) electrons. The van der Waals surface area contributed by atoms with Crippen molar-refractivity contribution >= 4 is 23.5 Å². The van der Waals surface area contributed by atoms with Gasteiger partial charge in [0.15, 0.2) is 5.82 Å². The van der Waals surface area contributed by atoms with Crippen molar-refractivity contribution in [1.29, 1.82) is 0 Å². The molecule has 2 aromatic heterocycles. The van der Waals surface area contributed by atoms with E-state index in [2.05, 4.69) is 15.4 Å². The molecule has 38 heavy (non-hydrogen) atoms. The third-order valence-corrected chi connectivity index (χ3v) is 6.79. The smallest absolute Gasteiger partial charge is 0.409 e. The number of benzene rings is 1. The van der Waals surface area contributed by atoms with Crippen molar-refractivity contribution in [2.75, 3.05) is 58.4 Å². The molecule has 12 heteroatoms. The normalized spacial score (nSPS) is 14.5. The van der Waals surface area contributed by atoms with Gasteiger partial charge >= 0.3 is 6.09 Å². The number of halogens is 1. The van der Waals surface area contributed by atoms with Crippen LogP contribution in [0.3, 0.4) is 0 Å². The predicted octanol–water partition coefficient (Wildman–Crippen LogP) is 3.22. The zero-order chi connectivity index (χ0) is 27.4. The first-order chi connectivity index (χ1) is 18.2. The van der Waals surface area contributed by atoms with E-state index in [-0.39, 0.29) is 12.7 Å². The minimum Gasteiger partial charge on any atom is -0.491 e. The molecule has 1 saturated heterocycles. The van der Waals surface area contributed by atoms with E-state index in [0.717, 1.165) is 22.6 Å². The Kier molecular flexibility index (Phi) is 8.70. The third kappa shape index (κ3) is 5.85. The average Bonchev–Trinajstić information content (AvgIpc) is 3.25. The van der Waals surface area contributed by atoms with E-state index >= 15 is 0 Å². The van der Waals surface area contributed by atoms with Gasteiger partial charge in [0.1, 0.15) is 30.0 Å². The number of aryl methyl sites for hydroxylation is 2. The largest absolute Gasteiger partial charge is 0.491 e. The van der Waals surface area contributed by atoms with E-state index < -0.39 is 6.10 Å². The summed E-state index contributed by atoms with van der Waals surface area (Å²) in [6.45, 7) is 8.39. The van der Waals surface area contributed by atoms with Crippen molar-refractivity contribution < 1.29 is 23.9 Å². The average molecular weight is 545 g/mol. The Hall–Kier alpha value is -3.41. The molecular weight excluding hydrogens is 512 g/mol. The van der Waals surface area contributed by atoms with Crippen LogP contribution in [0.5, 0.6) is 5.75 Å². The van der Waals surface area contributed by atoms with Crippen LogP contribution >= 0.6 is 11.6 Å². The second kappa shape index (κ2) is 12.0. The fourth-order valence-electron chi connectivity index (χ4n) is 4.48. The van der Waals surface area contributed by atoms with Gasteiger partial charge in [-0.05, 0) is 46.0 Å². The molecule has 204 valence electrons. The molecule has 1 atom stereocenters. The van der Waals surface area contributed by atoms with Crippen LogP contribution < -0.4 is 15.0 Å². The third-order valence-electron chi connectivity index (χ3n) is 6.46. The van der Waals surface area contributed by atoms with E-state index in [1.165, 1.54) is 7.11 Å². The zero-order valence-electron chi connectivity index (χ0n) is 22.2. The summed E-state index contributed by atoms with van der Waals surface area (Å²) < 4.78 is 16.1. The van der Waals surface area contributed by atoms with Gasteiger partial charge in [0.2, 0.25) is 0 Å². The Morgan fingerprint density at radius 2 is 1.95 bits per heavy atom. The number of nitrogens with one attached hydrogen (secondary N) is 1. The summed E-state index contributed by atoms with van der Waals surface area (Å²) in [5.74, 6) is 2.35. The number of likely N-dealkylation sites (N-methyl/N-ethyl adjacent to an activating group) is 1. The molecule has 11 nitrogen and oxygen atoms in total. The minimum absolute atomic E-state index is 0.122. The van der Waals surface area contributed by atoms with E-state index in [1.54, 1.807) is 30.1 Å². The number of hydrogen-bond acceptors (Lipinski definition) is 10. The van der Waals surface area contributed by atoms with Gasteiger partial charge in [-0.1, -0.05) is 16.8 Å². The number of aromatic nitrogens is 3. The number of methoxy groups -OCH3 is 1. The van der Waals surface area contributed by atoms with Gasteiger partial charge in [-0.3, -0.25) is 0 Å². The Bertz CT molecular complexity index is 1270. The van der Waals surface area contributed by atoms with Gasteiger partial charge < -0.3 is 34.2 Å². The standard InChI is InChI=1S/C26H33ClN6O5/c1-15-23(22-16(2)31-38-17(22)3)29-24(30-25(15)32-8-10-33(11-9-32)26(35)36-5)20-12-19(6-7-21(20)27)37-14-18(34)13-28-4/h6-7,12,18,28,34H,8-11,13-14H2,1-5H3/t18-/m1/s1. The molecule has 0 bridgehead atoms. The number of carbonyl (C=O) groups excluding carboxylic acids is 1. The molecule has 3 heterocycles. The number of ether oxygens (including phenoxy) is 2. The van der Waals surface area contributed by atoms with Gasteiger partial charge in [-0.2, -0.15) is 0 Å². The summed E-state index contributed by atoms with van der Waals surface area (Å²) in [6, 6.07) is 5.24. The topological polar surface area (TPSA) is 126 Å². The van der Waals surface area contributed by atoms with Gasteiger partial charge in [0, 0.05) is 43.9 Å². The highest BCUT2D eigenvalue weighted by Gasteiger charge is 2.27. The molecule has 1 aliphatic heterocycles. The van der Waals surface area contributed by atoms with Crippen molar-refractivity contribution in [2.24, 2.45) is 0 Å². The zero-order valence-corrected chi connectivity index (χ0v) is 23.0. The number of aliphatic hydroxyl groups is 1. The van der Waals surface area contributed by atoms with Crippen LogP contribution in [0.2, 0.25) is 5.02 Å². The fraction of sp³-hybridized carbons (Fsp3) is 0.462. The maximum atomic E-state index is 12.0. The van der Waals surface area contributed by atoms with Crippen LogP contribution in [0.4, 0.5) is 10.6 Å². The fourth-order valence-corrected chi connectivity index (χ4v) is 4.68. The molecule has 0 aliphatic carbocycles. The lowest BCUT2D eigenvalue weighted by atomic mass is 10.0. The first-order valence-electron chi connectivity index (χ1n) is 12.4. The van der Waals surface area contributed by atoms with E-state index in [9.17, 15) is 9.90 Å². The molecule has 0 unspecified atom stereocenters.